The minimum absolute atomic E-state index is 0.0832. The summed E-state index contributed by atoms with van der Waals surface area (Å²) in [5, 5.41) is 11.6. The molecule has 5 heterocycles. The third-order valence-corrected chi connectivity index (χ3v) is 7.42. The van der Waals surface area contributed by atoms with Crippen LogP contribution < -0.4 is 10.2 Å². The first-order valence-corrected chi connectivity index (χ1v) is 13.6. The number of nitrogens with one attached hydrogen (secondary N) is 3. The minimum atomic E-state index is -0.0832. The molecule has 0 aliphatic carbocycles. The van der Waals surface area contributed by atoms with Gasteiger partial charge in [0.2, 0.25) is 5.91 Å². The number of nitrogens with zero attached hydrogens (tertiary/aromatic N) is 5. The zero-order chi connectivity index (χ0) is 26.9. The second kappa shape index (κ2) is 10.3. The first-order valence-electron chi connectivity index (χ1n) is 13.6. The highest BCUT2D eigenvalue weighted by Crippen LogP contribution is 2.33. The van der Waals surface area contributed by atoms with Crippen LogP contribution in [0.25, 0.3) is 44.7 Å². The van der Waals surface area contributed by atoms with Crippen molar-refractivity contribution in [3.8, 4) is 22.6 Å². The molecule has 0 saturated carbocycles. The Kier molecular flexibility index (Phi) is 6.16. The molecule has 4 aromatic heterocycles. The van der Waals surface area contributed by atoms with Crippen LogP contribution in [0.3, 0.4) is 0 Å². The summed E-state index contributed by atoms with van der Waals surface area (Å²) in [7, 11) is 0. The lowest BCUT2D eigenvalue weighted by Crippen LogP contribution is -2.29. The van der Waals surface area contributed by atoms with Gasteiger partial charge < -0.3 is 15.2 Å². The molecule has 0 atom stereocenters. The first kappa shape index (κ1) is 24.0. The van der Waals surface area contributed by atoms with Gasteiger partial charge in [-0.3, -0.25) is 14.9 Å². The van der Waals surface area contributed by atoms with Gasteiger partial charge in [0, 0.05) is 36.4 Å². The molecule has 0 spiro atoms. The topological polar surface area (TPSA) is 115 Å². The number of carbonyl (C=O) groups is 1. The van der Waals surface area contributed by atoms with E-state index in [4.69, 9.17) is 4.98 Å². The van der Waals surface area contributed by atoms with E-state index in [1.54, 1.807) is 12.4 Å². The zero-order valence-corrected chi connectivity index (χ0v) is 21.9. The maximum Gasteiger partial charge on any atom is 0.228 e. The molecule has 0 unspecified atom stereocenters. The van der Waals surface area contributed by atoms with E-state index in [1.165, 1.54) is 19.3 Å². The van der Waals surface area contributed by atoms with Gasteiger partial charge in [-0.15, -0.1) is 0 Å². The van der Waals surface area contributed by atoms with Gasteiger partial charge in [0.05, 0.1) is 29.5 Å². The highest BCUT2D eigenvalue weighted by Gasteiger charge is 2.19. The van der Waals surface area contributed by atoms with E-state index in [9.17, 15) is 4.79 Å². The van der Waals surface area contributed by atoms with Gasteiger partial charge in [-0.1, -0.05) is 36.4 Å². The molecule has 1 aliphatic rings. The number of H-pyrrole nitrogens is 2. The Balaban J connectivity index is 1.19. The van der Waals surface area contributed by atoms with E-state index in [2.05, 4.69) is 47.5 Å². The van der Waals surface area contributed by atoms with Gasteiger partial charge in [0.25, 0.3) is 0 Å². The van der Waals surface area contributed by atoms with Crippen LogP contribution in [0.15, 0.2) is 79.3 Å². The number of benzene rings is 2. The Labute approximate surface area is 230 Å². The number of fused-ring (bicyclic) bond motifs is 2. The molecule has 0 radical (unpaired) electrons. The Morgan fingerprint density at radius 1 is 0.950 bits per heavy atom. The third kappa shape index (κ3) is 4.66. The lowest BCUT2D eigenvalue weighted by Gasteiger charge is -2.28. The summed E-state index contributed by atoms with van der Waals surface area (Å²) < 4.78 is 0. The van der Waals surface area contributed by atoms with Crippen LogP contribution in [0.2, 0.25) is 0 Å². The maximum absolute atomic E-state index is 12.6. The van der Waals surface area contributed by atoms with Crippen LogP contribution in [0.1, 0.15) is 24.8 Å². The van der Waals surface area contributed by atoms with Crippen molar-refractivity contribution in [3.05, 3.63) is 84.8 Å². The summed E-state index contributed by atoms with van der Waals surface area (Å²) in [6, 6.07) is 19.8. The van der Waals surface area contributed by atoms with E-state index in [-0.39, 0.29) is 5.91 Å². The standard InChI is InChI=1S/C31H28N8O/c40-27(15-20-7-3-1-4-8-20)34-23-16-22(18-32-19-23)21-9-10-25-24(17-21)28(38-37-25)31-35-29-26(11-12-33-30(29)36-31)39-13-5-2-6-14-39/h1,3-4,7-12,16-19H,2,5-6,13-15H2,(H,34,40)(H,37,38)(H,33,35,36). The van der Waals surface area contributed by atoms with E-state index < -0.39 is 0 Å². The zero-order valence-electron chi connectivity index (χ0n) is 21.9. The molecule has 40 heavy (non-hydrogen) atoms. The largest absolute Gasteiger partial charge is 0.370 e. The molecule has 1 saturated heterocycles. The summed E-state index contributed by atoms with van der Waals surface area (Å²) in [6.45, 7) is 2.09. The molecule has 0 bridgehead atoms. The average Bonchev–Trinajstić information content (AvgIpc) is 3.62. The van der Waals surface area contributed by atoms with Crippen LogP contribution in [-0.2, 0) is 11.2 Å². The Morgan fingerprint density at radius 2 is 1.82 bits per heavy atom. The normalized spacial score (nSPS) is 13.7. The number of imidazole rings is 1. The summed E-state index contributed by atoms with van der Waals surface area (Å²) in [5.74, 6) is 0.593. The minimum Gasteiger partial charge on any atom is -0.370 e. The number of pyridine rings is 2. The van der Waals surface area contributed by atoms with Crippen molar-refractivity contribution >= 4 is 39.3 Å². The molecule has 3 N–H and O–H groups in total. The lowest BCUT2D eigenvalue weighted by atomic mass is 10.0. The van der Waals surface area contributed by atoms with Gasteiger partial charge in [0.1, 0.15) is 11.2 Å². The highest BCUT2D eigenvalue weighted by molar-refractivity contribution is 5.97. The Bertz CT molecular complexity index is 1820. The van der Waals surface area contributed by atoms with Gasteiger partial charge in [-0.2, -0.15) is 5.10 Å². The SMILES string of the molecule is O=C(Cc1ccccc1)Nc1cncc(-c2ccc3[nH]nc(-c4nc5nccc(N6CCCCC6)c5[nH]4)c3c2)c1. The number of anilines is 2. The van der Waals surface area contributed by atoms with E-state index in [0.717, 1.165) is 57.6 Å². The average molecular weight is 529 g/mol. The van der Waals surface area contributed by atoms with Crippen LogP contribution >= 0.6 is 0 Å². The molecule has 1 fully saturated rings. The van der Waals surface area contributed by atoms with Crippen molar-refractivity contribution in [1.29, 1.82) is 0 Å². The van der Waals surface area contributed by atoms with Crippen molar-refractivity contribution < 1.29 is 4.79 Å². The van der Waals surface area contributed by atoms with Crippen LogP contribution in [0.4, 0.5) is 11.4 Å². The number of rotatable bonds is 6. The van der Waals surface area contributed by atoms with E-state index in [0.29, 0.717) is 23.6 Å². The summed E-state index contributed by atoms with van der Waals surface area (Å²) in [4.78, 5) is 32.2. The smallest absolute Gasteiger partial charge is 0.228 e. The molecule has 6 aromatic rings. The number of aromatic amines is 2. The quantitative estimate of drug-likeness (QED) is 0.254. The third-order valence-electron chi connectivity index (χ3n) is 7.42. The molecule has 1 aliphatic heterocycles. The molecule has 198 valence electrons. The fourth-order valence-corrected chi connectivity index (χ4v) is 5.44. The van der Waals surface area contributed by atoms with Crippen molar-refractivity contribution in [3.63, 3.8) is 0 Å². The summed E-state index contributed by atoms with van der Waals surface area (Å²) >= 11 is 0. The number of piperidine rings is 1. The number of amides is 1. The molecule has 1 amide bonds. The number of carbonyl (C=O) groups excluding carboxylic acids is 1. The lowest BCUT2D eigenvalue weighted by molar-refractivity contribution is -0.115. The monoisotopic (exact) mass is 528 g/mol. The maximum atomic E-state index is 12.6. The first-order chi connectivity index (χ1) is 19.7. The fourth-order valence-electron chi connectivity index (χ4n) is 5.44. The summed E-state index contributed by atoms with van der Waals surface area (Å²) in [6.07, 6.45) is 9.27. The van der Waals surface area contributed by atoms with Gasteiger partial charge in [-0.05, 0) is 54.7 Å². The molecule has 9 heteroatoms. The highest BCUT2D eigenvalue weighted by atomic mass is 16.1. The van der Waals surface area contributed by atoms with Crippen LogP contribution in [0.5, 0.6) is 0 Å². The molecular weight excluding hydrogens is 500 g/mol. The number of hydrogen-bond acceptors (Lipinski definition) is 6. The fraction of sp³-hybridized carbons (Fsp3) is 0.194. The van der Waals surface area contributed by atoms with Crippen LogP contribution in [-0.4, -0.2) is 49.1 Å². The Hall–Kier alpha value is -5.05. The Morgan fingerprint density at radius 3 is 2.70 bits per heavy atom. The predicted molar refractivity (Wildman–Crippen MR) is 157 cm³/mol. The second-order valence-corrected chi connectivity index (χ2v) is 10.2. The molecule has 7 rings (SSSR count). The number of aromatic nitrogens is 6. The van der Waals surface area contributed by atoms with Crippen molar-refractivity contribution in [1.82, 2.24) is 30.1 Å². The molecule has 9 nitrogen and oxygen atoms in total. The van der Waals surface area contributed by atoms with E-state index >= 15 is 0 Å². The van der Waals surface area contributed by atoms with Gasteiger partial charge >= 0.3 is 0 Å². The summed E-state index contributed by atoms with van der Waals surface area (Å²) in [5.41, 5.74) is 7.88. The molecule has 2 aromatic carbocycles. The number of hydrogen-bond donors (Lipinski definition) is 3. The van der Waals surface area contributed by atoms with Gasteiger partial charge in [0.15, 0.2) is 11.5 Å². The van der Waals surface area contributed by atoms with Crippen molar-refractivity contribution in [2.45, 2.75) is 25.7 Å². The van der Waals surface area contributed by atoms with Crippen molar-refractivity contribution in [2.75, 3.05) is 23.3 Å². The van der Waals surface area contributed by atoms with Gasteiger partial charge in [-0.25, -0.2) is 9.97 Å². The predicted octanol–water partition coefficient (Wildman–Crippen LogP) is 5.73. The van der Waals surface area contributed by atoms with Crippen molar-refractivity contribution in [2.24, 2.45) is 0 Å². The molecular formula is C31H28N8O. The van der Waals surface area contributed by atoms with Crippen LogP contribution in [0, 0.1) is 0 Å². The second-order valence-electron chi connectivity index (χ2n) is 10.2. The van der Waals surface area contributed by atoms with E-state index in [1.807, 2.05) is 54.7 Å².